The Kier molecular flexibility index (Phi) is 6.17. The molecule has 0 saturated carbocycles. The summed E-state index contributed by atoms with van der Waals surface area (Å²) < 4.78 is 0. The molecule has 1 aliphatic heterocycles. The van der Waals surface area contributed by atoms with Gasteiger partial charge in [-0.1, -0.05) is 31.2 Å². The largest absolute Gasteiger partial charge is 0.342 e. The minimum Gasteiger partial charge on any atom is -0.342 e. The van der Waals surface area contributed by atoms with Gasteiger partial charge in [0.2, 0.25) is 5.91 Å². The first-order valence-corrected chi connectivity index (χ1v) is 10.6. The molecule has 0 radical (unpaired) electrons. The Morgan fingerprint density at radius 3 is 2.87 bits per heavy atom. The first-order valence-electron chi connectivity index (χ1n) is 10.6. The van der Waals surface area contributed by atoms with E-state index >= 15 is 0 Å². The summed E-state index contributed by atoms with van der Waals surface area (Å²) in [6.45, 7) is 3.84. The predicted molar refractivity (Wildman–Crippen MR) is 121 cm³/mol. The molecule has 0 spiro atoms. The maximum Gasteiger partial charge on any atom is 0.222 e. The van der Waals surface area contributed by atoms with Crippen molar-refractivity contribution in [3.63, 3.8) is 0 Å². The average molecular weight is 401 g/mol. The summed E-state index contributed by atoms with van der Waals surface area (Å²) in [7, 11) is 1.78. The molecule has 2 aromatic heterocycles. The lowest BCUT2D eigenvalue weighted by Crippen LogP contribution is -2.42. The lowest BCUT2D eigenvalue weighted by molar-refractivity contribution is -0.133. The van der Waals surface area contributed by atoms with Crippen LogP contribution in [0.25, 0.3) is 10.9 Å². The van der Waals surface area contributed by atoms with Crippen LogP contribution in [-0.2, 0) is 11.2 Å². The van der Waals surface area contributed by atoms with Gasteiger partial charge in [0, 0.05) is 68.2 Å². The van der Waals surface area contributed by atoms with Gasteiger partial charge in [0.1, 0.15) is 0 Å². The van der Waals surface area contributed by atoms with Crippen molar-refractivity contribution < 1.29 is 4.79 Å². The Hall–Kier alpha value is -3.08. The molecule has 0 aliphatic carbocycles. The number of likely N-dealkylation sites (tertiary alicyclic amines) is 1. The van der Waals surface area contributed by atoms with Crippen LogP contribution in [0.15, 0.2) is 60.0 Å². The molecule has 2 atom stereocenters. The van der Waals surface area contributed by atoms with E-state index in [1.165, 1.54) is 5.56 Å². The van der Waals surface area contributed by atoms with Crippen molar-refractivity contribution in [1.82, 2.24) is 14.9 Å². The molecular weight excluding hydrogens is 372 g/mol. The van der Waals surface area contributed by atoms with E-state index in [0.29, 0.717) is 18.3 Å². The third-order valence-corrected chi connectivity index (χ3v) is 5.91. The fraction of sp³-hybridized carbons (Fsp3) is 0.360. The molecule has 5 heteroatoms. The number of hydrogen-bond donors (Lipinski definition) is 0. The Balaban J connectivity index is 1.55. The summed E-state index contributed by atoms with van der Waals surface area (Å²) >= 11 is 0. The zero-order valence-electron chi connectivity index (χ0n) is 17.7. The van der Waals surface area contributed by atoms with Gasteiger partial charge in [-0.05, 0) is 42.0 Å². The van der Waals surface area contributed by atoms with Gasteiger partial charge in [0.05, 0.1) is 5.52 Å². The molecule has 1 aliphatic rings. The van der Waals surface area contributed by atoms with Crippen LogP contribution < -0.4 is 0 Å². The number of aromatic nitrogens is 2. The lowest BCUT2D eigenvalue weighted by atomic mass is 9.83. The smallest absolute Gasteiger partial charge is 0.222 e. The number of rotatable bonds is 5. The first-order chi connectivity index (χ1) is 14.7. The fourth-order valence-corrected chi connectivity index (χ4v) is 4.55. The summed E-state index contributed by atoms with van der Waals surface area (Å²) in [5, 5.41) is 1.16. The molecule has 1 amide bonds. The van der Waals surface area contributed by atoms with Gasteiger partial charge in [-0.25, -0.2) is 0 Å². The number of pyridine rings is 2. The standard InChI is InChI=1S/C25H28N4O/c1-18-13-21(17-29(16-18)24(30)10-7-19-5-3-11-27-14-19)22-9-8-20(15-26-2)25-23(22)6-4-12-28-25/h3-6,8-9,11-12,14-15,18,21H,7,10,13,16-17H2,1-2H3/b26-15+/t18?,21-/m1/s1. The van der Waals surface area contributed by atoms with Crippen LogP contribution in [-0.4, -0.2) is 47.1 Å². The first kappa shape index (κ1) is 20.2. The number of hydrogen-bond acceptors (Lipinski definition) is 4. The summed E-state index contributed by atoms with van der Waals surface area (Å²) in [6.07, 6.45) is 9.64. The molecular formula is C25H28N4O. The summed E-state index contributed by atoms with van der Waals surface area (Å²) in [5.41, 5.74) is 4.40. The van der Waals surface area contributed by atoms with Gasteiger partial charge in [0.25, 0.3) is 0 Å². The molecule has 3 heterocycles. The number of carbonyl (C=O) groups excluding carboxylic acids is 1. The molecule has 30 heavy (non-hydrogen) atoms. The van der Waals surface area contributed by atoms with Crippen LogP contribution in [0.1, 0.15) is 42.4 Å². The Bertz CT molecular complexity index is 1050. The third kappa shape index (κ3) is 4.40. The van der Waals surface area contributed by atoms with E-state index in [9.17, 15) is 4.79 Å². The van der Waals surface area contributed by atoms with E-state index in [2.05, 4.69) is 45.0 Å². The normalized spacial score (nSPS) is 19.5. The number of carbonyl (C=O) groups is 1. The second-order valence-corrected chi connectivity index (χ2v) is 8.23. The third-order valence-electron chi connectivity index (χ3n) is 5.91. The van der Waals surface area contributed by atoms with E-state index in [0.717, 1.165) is 48.0 Å². The van der Waals surface area contributed by atoms with Crippen LogP contribution in [0.4, 0.5) is 0 Å². The number of aryl methyl sites for hydroxylation is 1. The summed E-state index contributed by atoms with van der Waals surface area (Å²) in [6, 6.07) is 12.4. The highest BCUT2D eigenvalue weighted by atomic mass is 16.2. The maximum absolute atomic E-state index is 13.0. The topological polar surface area (TPSA) is 58.5 Å². The van der Waals surface area contributed by atoms with Crippen molar-refractivity contribution in [2.75, 3.05) is 20.1 Å². The van der Waals surface area contributed by atoms with Crippen LogP contribution in [0.2, 0.25) is 0 Å². The van der Waals surface area contributed by atoms with E-state index < -0.39 is 0 Å². The molecule has 0 N–H and O–H groups in total. The highest BCUT2D eigenvalue weighted by molar-refractivity contribution is 5.99. The minimum atomic E-state index is 0.229. The highest BCUT2D eigenvalue weighted by Crippen LogP contribution is 2.35. The molecule has 0 bridgehead atoms. The Morgan fingerprint density at radius 2 is 2.07 bits per heavy atom. The van der Waals surface area contributed by atoms with Crippen molar-refractivity contribution in [3.8, 4) is 0 Å². The summed E-state index contributed by atoms with van der Waals surface area (Å²) in [4.78, 5) is 28.0. The van der Waals surface area contributed by atoms with Crippen molar-refractivity contribution in [2.24, 2.45) is 10.9 Å². The second kappa shape index (κ2) is 9.16. The average Bonchev–Trinajstić information content (AvgIpc) is 2.78. The van der Waals surface area contributed by atoms with Gasteiger partial charge in [-0.15, -0.1) is 0 Å². The molecule has 1 fully saturated rings. The highest BCUT2D eigenvalue weighted by Gasteiger charge is 2.29. The Labute approximate surface area is 177 Å². The van der Waals surface area contributed by atoms with Crippen molar-refractivity contribution in [2.45, 2.75) is 32.1 Å². The predicted octanol–water partition coefficient (Wildman–Crippen LogP) is 4.26. The molecule has 1 unspecified atom stereocenters. The van der Waals surface area contributed by atoms with Gasteiger partial charge in [0.15, 0.2) is 0 Å². The van der Waals surface area contributed by atoms with E-state index in [-0.39, 0.29) is 5.91 Å². The van der Waals surface area contributed by atoms with Gasteiger partial charge in [-0.2, -0.15) is 0 Å². The van der Waals surface area contributed by atoms with E-state index in [1.54, 1.807) is 13.2 Å². The van der Waals surface area contributed by atoms with Gasteiger partial charge < -0.3 is 4.90 Å². The number of nitrogens with zero attached hydrogens (tertiary/aromatic N) is 4. The van der Waals surface area contributed by atoms with Crippen molar-refractivity contribution >= 4 is 23.0 Å². The molecule has 154 valence electrons. The number of amides is 1. The number of fused-ring (bicyclic) bond motifs is 1. The summed E-state index contributed by atoms with van der Waals surface area (Å²) in [5.74, 6) is 1.01. The van der Waals surface area contributed by atoms with E-state index in [1.807, 2.05) is 36.8 Å². The number of benzene rings is 1. The van der Waals surface area contributed by atoms with Gasteiger partial charge >= 0.3 is 0 Å². The van der Waals surface area contributed by atoms with Crippen molar-refractivity contribution in [1.29, 1.82) is 0 Å². The zero-order valence-corrected chi connectivity index (χ0v) is 17.7. The van der Waals surface area contributed by atoms with Crippen molar-refractivity contribution in [3.05, 3.63) is 71.7 Å². The quantitative estimate of drug-likeness (QED) is 0.601. The minimum absolute atomic E-state index is 0.229. The monoisotopic (exact) mass is 400 g/mol. The second-order valence-electron chi connectivity index (χ2n) is 8.23. The molecule has 4 rings (SSSR count). The van der Waals surface area contributed by atoms with E-state index in [4.69, 9.17) is 0 Å². The molecule has 1 aromatic carbocycles. The number of aliphatic imine (C=N–C) groups is 1. The lowest BCUT2D eigenvalue weighted by Gasteiger charge is -2.37. The molecule has 1 saturated heterocycles. The zero-order chi connectivity index (χ0) is 20.9. The molecule has 5 nitrogen and oxygen atoms in total. The fourth-order valence-electron chi connectivity index (χ4n) is 4.55. The van der Waals surface area contributed by atoms with Crippen LogP contribution in [0.5, 0.6) is 0 Å². The Morgan fingerprint density at radius 1 is 1.20 bits per heavy atom. The van der Waals surface area contributed by atoms with Crippen LogP contribution in [0, 0.1) is 5.92 Å². The van der Waals surface area contributed by atoms with Crippen LogP contribution >= 0.6 is 0 Å². The SMILES string of the molecule is C/N=C/c1ccc([C@@H]2CC(C)CN(C(=O)CCc3cccnc3)C2)c2cccnc12. The maximum atomic E-state index is 13.0. The van der Waals surface area contributed by atoms with Gasteiger partial charge in [-0.3, -0.25) is 19.8 Å². The van der Waals surface area contributed by atoms with Crippen LogP contribution in [0.3, 0.4) is 0 Å². The molecule has 3 aromatic rings. The number of piperidine rings is 1.